The number of nitrogens with two attached hydrogens (primary N) is 1. The van der Waals surface area contributed by atoms with Crippen molar-refractivity contribution >= 4 is 21.7 Å². The van der Waals surface area contributed by atoms with Gasteiger partial charge in [-0.25, -0.2) is 18.4 Å². The van der Waals surface area contributed by atoms with Crippen molar-refractivity contribution in [3.8, 4) is 0 Å². The minimum atomic E-state index is -3.25. The summed E-state index contributed by atoms with van der Waals surface area (Å²) >= 11 is 0. The number of hydrogen-bond donors (Lipinski definition) is 2. The average Bonchev–Trinajstić information content (AvgIpc) is 2.98. The maximum absolute atomic E-state index is 11.3. The maximum Gasteiger partial charge on any atom is 0.168 e. The SMILES string of the molecule is CS(=O)(=O)C=Cc1cnc(N2CCC3(CC2)Cc2ccccc2[C@H]3N)c(CO)n1. The molecule has 1 atom stereocenters. The van der Waals surface area contributed by atoms with Crippen LogP contribution >= 0.6 is 0 Å². The highest BCUT2D eigenvalue weighted by atomic mass is 32.2. The fourth-order valence-corrected chi connectivity index (χ4v) is 4.94. The monoisotopic (exact) mass is 414 g/mol. The summed E-state index contributed by atoms with van der Waals surface area (Å²) in [6.07, 6.45) is 6.96. The minimum absolute atomic E-state index is 0.0488. The fourth-order valence-electron chi connectivity index (χ4n) is 4.55. The van der Waals surface area contributed by atoms with Gasteiger partial charge in [0.2, 0.25) is 0 Å². The zero-order chi connectivity index (χ0) is 20.6. The summed E-state index contributed by atoms with van der Waals surface area (Å²) in [5, 5.41) is 10.9. The standard InChI is InChI=1S/C21H26N4O3S/c1-29(27,28)11-6-16-13-23-20(18(14-26)24-16)25-9-7-21(8-10-25)12-15-4-2-3-5-17(15)19(21)22/h2-6,11,13,19,26H,7-10,12,14,22H2,1H3/t19-/m1/s1. The molecule has 0 unspecified atom stereocenters. The van der Waals surface area contributed by atoms with E-state index in [1.54, 1.807) is 0 Å². The van der Waals surface area contributed by atoms with E-state index in [2.05, 4.69) is 39.1 Å². The summed E-state index contributed by atoms with van der Waals surface area (Å²) in [6, 6.07) is 8.49. The molecule has 0 bridgehead atoms. The number of piperidine rings is 1. The molecule has 3 N–H and O–H groups in total. The van der Waals surface area contributed by atoms with Gasteiger partial charge in [-0.05, 0) is 41.9 Å². The quantitative estimate of drug-likeness (QED) is 0.785. The van der Waals surface area contributed by atoms with Crippen LogP contribution in [0.4, 0.5) is 5.82 Å². The highest BCUT2D eigenvalue weighted by Gasteiger charge is 2.46. The lowest BCUT2D eigenvalue weighted by Crippen LogP contribution is -2.45. The largest absolute Gasteiger partial charge is 0.390 e. The van der Waals surface area contributed by atoms with Crippen LogP contribution in [0.15, 0.2) is 35.9 Å². The van der Waals surface area contributed by atoms with E-state index in [1.807, 2.05) is 0 Å². The third-order valence-electron chi connectivity index (χ3n) is 6.13. The van der Waals surface area contributed by atoms with E-state index in [0.717, 1.165) is 44.0 Å². The number of aliphatic hydroxyl groups is 1. The first-order chi connectivity index (χ1) is 13.8. The molecule has 2 aliphatic rings. The van der Waals surface area contributed by atoms with Crippen LogP contribution in [0.2, 0.25) is 0 Å². The summed E-state index contributed by atoms with van der Waals surface area (Å²) in [6.45, 7) is 1.33. The van der Waals surface area contributed by atoms with Gasteiger partial charge in [0.25, 0.3) is 0 Å². The van der Waals surface area contributed by atoms with Crippen LogP contribution in [0.1, 0.15) is 41.4 Å². The molecule has 154 valence electrons. The van der Waals surface area contributed by atoms with Crippen molar-refractivity contribution in [3.05, 3.63) is 58.4 Å². The number of aromatic nitrogens is 2. The van der Waals surface area contributed by atoms with Gasteiger partial charge in [0.1, 0.15) is 5.69 Å². The van der Waals surface area contributed by atoms with E-state index in [9.17, 15) is 13.5 Å². The van der Waals surface area contributed by atoms with Crippen molar-refractivity contribution < 1.29 is 13.5 Å². The molecule has 4 rings (SSSR count). The summed E-state index contributed by atoms with van der Waals surface area (Å²) in [7, 11) is -3.25. The summed E-state index contributed by atoms with van der Waals surface area (Å²) in [5.41, 5.74) is 10.2. The zero-order valence-electron chi connectivity index (χ0n) is 16.5. The minimum Gasteiger partial charge on any atom is -0.390 e. The number of hydrogen-bond acceptors (Lipinski definition) is 7. The highest BCUT2D eigenvalue weighted by molar-refractivity contribution is 7.93. The highest BCUT2D eigenvalue weighted by Crippen LogP contribution is 2.50. The van der Waals surface area contributed by atoms with Crippen molar-refractivity contribution in [1.82, 2.24) is 9.97 Å². The van der Waals surface area contributed by atoms with Gasteiger partial charge in [-0.1, -0.05) is 24.3 Å². The zero-order valence-corrected chi connectivity index (χ0v) is 17.3. The second kappa shape index (κ2) is 7.51. The van der Waals surface area contributed by atoms with Crippen molar-refractivity contribution in [2.45, 2.75) is 31.9 Å². The molecule has 0 saturated carbocycles. The Morgan fingerprint density at radius 2 is 2.03 bits per heavy atom. The number of rotatable bonds is 4. The lowest BCUT2D eigenvalue weighted by molar-refractivity contribution is 0.186. The Morgan fingerprint density at radius 3 is 2.69 bits per heavy atom. The van der Waals surface area contributed by atoms with Crippen LogP contribution in [0.25, 0.3) is 6.08 Å². The molecular formula is C21H26N4O3S. The molecule has 29 heavy (non-hydrogen) atoms. The van der Waals surface area contributed by atoms with Gasteiger partial charge in [0, 0.05) is 30.8 Å². The van der Waals surface area contributed by atoms with E-state index in [4.69, 9.17) is 5.73 Å². The van der Waals surface area contributed by atoms with Crippen LogP contribution in [0, 0.1) is 5.41 Å². The van der Waals surface area contributed by atoms with Gasteiger partial charge in [0.15, 0.2) is 15.7 Å². The Morgan fingerprint density at radius 1 is 1.31 bits per heavy atom. The van der Waals surface area contributed by atoms with E-state index in [1.165, 1.54) is 23.4 Å². The molecule has 1 spiro atoms. The molecule has 1 fully saturated rings. The Balaban J connectivity index is 1.51. The van der Waals surface area contributed by atoms with Gasteiger partial charge in [0.05, 0.1) is 18.5 Å². The van der Waals surface area contributed by atoms with E-state index < -0.39 is 9.84 Å². The third-order valence-corrected chi connectivity index (χ3v) is 6.76. The van der Waals surface area contributed by atoms with Gasteiger partial charge >= 0.3 is 0 Å². The van der Waals surface area contributed by atoms with Gasteiger partial charge in [-0.15, -0.1) is 0 Å². The molecule has 1 aromatic heterocycles. The molecule has 7 nitrogen and oxygen atoms in total. The summed E-state index contributed by atoms with van der Waals surface area (Å²) < 4.78 is 22.6. The third kappa shape index (κ3) is 3.92. The Hall–Kier alpha value is -2.29. The van der Waals surface area contributed by atoms with E-state index >= 15 is 0 Å². The molecule has 2 heterocycles. The molecule has 8 heteroatoms. The first kappa shape index (κ1) is 20.0. The van der Waals surface area contributed by atoms with Crippen molar-refractivity contribution in [2.75, 3.05) is 24.2 Å². The number of fused-ring (bicyclic) bond motifs is 1. The molecule has 1 saturated heterocycles. The van der Waals surface area contributed by atoms with Crippen LogP contribution < -0.4 is 10.6 Å². The Kier molecular flexibility index (Phi) is 5.18. The lowest BCUT2D eigenvalue weighted by Gasteiger charge is -2.42. The predicted octanol–water partition coefficient (Wildman–Crippen LogP) is 1.83. The number of nitrogens with zero attached hydrogens (tertiary/aromatic N) is 3. The molecular weight excluding hydrogens is 388 g/mol. The summed E-state index contributed by atoms with van der Waals surface area (Å²) in [5.74, 6) is 0.655. The molecule has 0 amide bonds. The van der Waals surface area contributed by atoms with Gasteiger partial charge < -0.3 is 15.7 Å². The number of sulfone groups is 1. The van der Waals surface area contributed by atoms with E-state index in [-0.39, 0.29) is 18.1 Å². The van der Waals surface area contributed by atoms with Crippen molar-refractivity contribution in [3.63, 3.8) is 0 Å². The van der Waals surface area contributed by atoms with Crippen LogP contribution in [0.3, 0.4) is 0 Å². The second-order valence-corrected chi connectivity index (χ2v) is 9.99. The van der Waals surface area contributed by atoms with E-state index in [0.29, 0.717) is 17.2 Å². The molecule has 2 aromatic rings. The van der Waals surface area contributed by atoms with Crippen molar-refractivity contribution in [2.24, 2.45) is 11.1 Å². The number of anilines is 1. The Labute approximate surface area is 171 Å². The normalized spacial score (nSPS) is 21.1. The lowest BCUT2D eigenvalue weighted by atomic mass is 9.73. The second-order valence-electron chi connectivity index (χ2n) is 8.06. The molecule has 1 aliphatic carbocycles. The smallest absolute Gasteiger partial charge is 0.168 e. The predicted molar refractivity (Wildman–Crippen MR) is 113 cm³/mol. The van der Waals surface area contributed by atoms with Crippen LogP contribution in [0.5, 0.6) is 0 Å². The van der Waals surface area contributed by atoms with Crippen LogP contribution in [-0.4, -0.2) is 42.8 Å². The fraction of sp³-hybridized carbons (Fsp3) is 0.429. The number of benzene rings is 1. The first-order valence-corrected chi connectivity index (χ1v) is 11.7. The molecule has 1 aromatic carbocycles. The summed E-state index contributed by atoms with van der Waals surface area (Å²) in [4.78, 5) is 11.0. The Bertz CT molecular complexity index is 1040. The number of aliphatic hydroxyl groups excluding tert-OH is 1. The van der Waals surface area contributed by atoms with Crippen molar-refractivity contribution in [1.29, 1.82) is 0 Å². The maximum atomic E-state index is 11.3. The molecule has 0 radical (unpaired) electrons. The first-order valence-electron chi connectivity index (χ1n) is 9.75. The van der Waals surface area contributed by atoms with Gasteiger partial charge in [-0.3, -0.25) is 0 Å². The van der Waals surface area contributed by atoms with Gasteiger partial charge in [-0.2, -0.15) is 0 Å². The molecule has 1 aliphatic heterocycles. The topological polar surface area (TPSA) is 109 Å². The average molecular weight is 415 g/mol. The van der Waals surface area contributed by atoms with Crippen LogP contribution in [-0.2, 0) is 22.9 Å².